The number of fused-ring (bicyclic) bond motifs is 5. The molecule has 2 aromatic rings. The number of ether oxygens (including phenoxy) is 1. The highest BCUT2D eigenvalue weighted by Crippen LogP contribution is 2.53. The second-order valence-electron chi connectivity index (χ2n) is 5.49. The highest BCUT2D eigenvalue weighted by atomic mass is 32.2. The summed E-state index contributed by atoms with van der Waals surface area (Å²) >= 11 is 1.75. The molecule has 3 atom stereocenters. The lowest BCUT2D eigenvalue weighted by molar-refractivity contribution is -0.385. The van der Waals surface area contributed by atoms with Crippen molar-refractivity contribution in [2.24, 2.45) is 5.92 Å². The summed E-state index contributed by atoms with van der Waals surface area (Å²) in [7, 11) is 0. The molecule has 2 aliphatic rings. The molecule has 3 heterocycles. The van der Waals surface area contributed by atoms with E-state index in [0.717, 1.165) is 23.1 Å². The topological polar surface area (TPSA) is 140 Å². The van der Waals surface area contributed by atoms with Gasteiger partial charge in [-0.3, -0.25) is 24.5 Å². The number of hydrogen-bond acceptors (Lipinski definition) is 8. The Hall–Kier alpha value is -2.66. The van der Waals surface area contributed by atoms with Crippen LogP contribution in [0.3, 0.4) is 0 Å². The quantitative estimate of drug-likeness (QED) is 0.346. The third-order valence-corrected chi connectivity index (χ3v) is 6.52. The van der Waals surface area contributed by atoms with E-state index in [4.69, 9.17) is 4.74 Å². The Kier molecular flexibility index (Phi) is 3.44. The maximum Gasteiger partial charge on any atom is 0.317 e. The summed E-state index contributed by atoms with van der Waals surface area (Å²) in [6.07, 6.45) is 0. The number of H-pyrrole nitrogens is 1. The lowest BCUT2D eigenvalue weighted by Crippen LogP contribution is -2.44. The molecule has 1 aromatic carbocycles. The van der Waals surface area contributed by atoms with Gasteiger partial charge in [0, 0.05) is 28.5 Å². The van der Waals surface area contributed by atoms with Gasteiger partial charge in [0.1, 0.15) is 11.0 Å². The highest BCUT2D eigenvalue weighted by molar-refractivity contribution is 8.00. The molecule has 0 saturated carbocycles. The van der Waals surface area contributed by atoms with Crippen LogP contribution in [-0.2, 0) is 9.59 Å². The molecule has 0 saturated heterocycles. The maximum absolute atomic E-state index is 12.4. The monoisotopic (exact) mass is 380 g/mol. The van der Waals surface area contributed by atoms with Gasteiger partial charge in [-0.25, -0.2) is 0 Å². The van der Waals surface area contributed by atoms with Crippen LogP contribution in [0.25, 0.3) is 0 Å². The number of aromatic nitrogens is 1. The predicted molar refractivity (Wildman–Crippen MR) is 86.3 cm³/mol. The second kappa shape index (κ2) is 5.43. The minimum Gasteiger partial charge on any atom is -0.480 e. The van der Waals surface area contributed by atoms with Gasteiger partial charge in [-0.05, 0) is 6.07 Å². The fraction of sp³-hybridized carbons (Fsp3) is 0.214. The summed E-state index contributed by atoms with van der Waals surface area (Å²) in [6, 6.07) is 3.79. The second-order valence-corrected chi connectivity index (χ2v) is 7.65. The van der Waals surface area contributed by atoms with E-state index < -0.39 is 33.9 Å². The lowest BCUT2D eigenvalue weighted by atomic mass is 9.80. The average molecular weight is 380 g/mol. The molecular formula is C14H8N2O7S2. The predicted octanol–water partition coefficient (Wildman–Crippen LogP) is 1.57. The van der Waals surface area contributed by atoms with Gasteiger partial charge in [-0.1, -0.05) is 23.1 Å². The largest absolute Gasteiger partial charge is 0.480 e. The molecule has 0 fully saturated rings. The van der Waals surface area contributed by atoms with Gasteiger partial charge >= 0.3 is 16.8 Å². The number of thiazole rings is 1. The number of nitro groups is 1. The number of hydrogen-bond donors (Lipinski definition) is 2. The van der Waals surface area contributed by atoms with E-state index in [-0.39, 0.29) is 16.3 Å². The minimum atomic E-state index is -1.22. The lowest BCUT2D eigenvalue weighted by Gasteiger charge is -2.37. The fourth-order valence-electron chi connectivity index (χ4n) is 3.12. The minimum absolute atomic E-state index is 0.139. The molecule has 0 amide bonds. The first-order valence-electron chi connectivity index (χ1n) is 6.99. The van der Waals surface area contributed by atoms with Crippen molar-refractivity contribution in [1.29, 1.82) is 0 Å². The molecule has 1 aromatic heterocycles. The molecule has 4 rings (SSSR count). The van der Waals surface area contributed by atoms with E-state index in [0.29, 0.717) is 15.5 Å². The van der Waals surface area contributed by atoms with Crippen LogP contribution in [0.2, 0.25) is 0 Å². The molecule has 128 valence electrons. The summed E-state index contributed by atoms with van der Waals surface area (Å²) in [6.45, 7) is 0. The summed E-state index contributed by atoms with van der Waals surface area (Å²) in [5, 5.41) is 19.8. The van der Waals surface area contributed by atoms with Crippen LogP contribution in [0, 0.1) is 16.0 Å². The molecule has 2 aliphatic heterocycles. The van der Waals surface area contributed by atoms with Crippen molar-refractivity contribution >= 4 is 40.7 Å². The number of non-ortho nitro benzene ring substituents is 1. The van der Waals surface area contributed by atoms with Crippen LogP contribution in [0.1, 0.15) is 16.4 Å². The van der Waals surface area contributed by atoms with Crippen LogP contribution in [0.5, 0.6) is 5.75 Å². The Labute approximate surface area is 146 Å². The number of carbonyl (C=O) groups is 2. The smallest absolute Gasteiger partial charge is 0.317 e. The van der Waals surface area contributed by atoms with Gasteiger partial charge < -0.3 is 14.8 Å². The van der Waals surface area contributed by atoms with E-state index >= 15 is 0 Å². The number of aromatic amines is 1. The number of carboxylic acids is 1. The fourth-order valence-corrected chi connectivity index (χ4v) is 5.51. The van der Waals surface area contributed by atoms with Crippen LogP contribution < -0.4 is 9.61 Å². The zero-order chi connectivity index (χ0) is 17.9. The zero-order valence-electron chi connectivity index (χ0n) is 12.1. The van der Waals surface area contributed by atoms with Gasteiger partial charge in [0.05, 0.1) is 15.9 Å². The van der Waals surface area contributed by atoms with E-state index in [1.165, 1.54) is 18.2 Å². The molecule has 0 radical (unpaired) electrons. The third-order valence-electron chi connectivity index (χ3n) is 4.12. The van der Waals surface area contributed by atoms with Crippen molar-refractivity contribution in [3.63, 3.8) is 0 Å². The van der Waals surface area contributed by atoms with Crippen molar-refractivity contribution in [2.75, 3.05) is 0 Å². The molecule has 0 aliphatic carbocycles. The Morgan fingerprint density at radius 2 is 2.12 bits per heavy atom. The first-order chi connectivity index (χ1) is 11.9. The van der Waals surface area contributed by atoms with Crippen LogP contribution in [0.15, 0.2) is 28.0 Å². The van der Waals surface area contributed by atoms with Crippen molar-refractivity contribution in [3.05, 3.63) is 48.4 Å². The van der Waals surface area contributed by atoms with E-state index in [1.807, 2.05) is 0 Å². The number of benzene rings is 1. The standard InChI is InChI=1S/C14H8N2O7S2/c17-12(18)10-8-7(9-11(24-10)15-14(20)25-9)5-3-4(16(21)22)1-2-6(5)23-13(8)19/h1-3,7-8,10H,(H,15,20)(H,17,18)/t7-,8-,10+/m1/s1. The summed E-state index contributed by atoms with van der Waals surface area (Å²) in [5.74, 6) is -3.66. The van der Waals surface area contributed by atoms with Gasteiger partial charge in [-0.15, -0.1) is 0 Å². The molecular weight excluding hydrogens is 372 g/mol. The number of aliphatic carboxylic acids is 1. The summed E-state index contributed by atoms with van der Waals surface area (Å²) < 4.78 is 5.22. The molecule has 9 nitrogen and oxygen atoms in total. The number of rotatable bonds is 2. The number of nitrogens with one attached hydrogen (secondary N) is 1. The summed E-state index contributed by atoms with van der Waals surface area (Å²) in [5.41, 5.74) is 0.131. The van der Waals surface area contributed by atoms with Crippen LogP contribution in [-0.4, -0.2) is 32.2 Å². The van der Waals surface area contributed by atoms with Gasteiger partial charge in [0.15, 0.2) is 0 Å². The Morgan fingerprint density at radius 3 is 2.80 bits per heavy atom. The van der Waals surface area contributed by atoms with Crippen LogP contribution >= 0.6 is 23.1 Å². The first kappa shape index (κ1) is 15.8. The number of nitrogens with zero attached hydrogens (tertiary/aromatic N) is 1. The third kappa shape index (κ3) is 2.35. The van der Waals surface area contributed by atoms with Gasteiger partial charge in [0.25, 0.3) is 5.69 Å². The molecule has 25 heavy (non-hydrogen) atoms. The number of esters is 1. The zero-order valence-corrected chi connectivity index (χ0v) is 13.8. The molecule has 11 heteroatoms. The van der Waals surface area contributed by atoms with Gasteiger partial charge in [-0.2, -0.15) is 0 Å². The number of nitro benzene ring substituents is 1. The number of thioether (sulfide) groups is 1. The molecule has 0 spiro atoms. The Morgan fingerprint density at radius 1 is 1.36 bits per heavy atom. The molecule has 0 bridgehead atoms. The summed E-state index contributed by atoms with van der Waals surface area (Å²) in [4.78, 5) is 49.0. The highest BCUT2D eigenvalue weighted by Gasteiger charge is 2.52. The van der Waals surface area contributed by atoms with Crippen molar-refractivity contribution in [3.8, 4) is 5.75 Å². The van der Waals surface area contributed by atoms with Gasteiger partial charge in [0.2, 0.25) is 0 Å². The number of carbonyl (C=O) groups excluding carboxylic acids is 1. The van der Waals surface area contributed by atoms with E-state index in [9.17, 15) is 29.6 Å². The normalized spacial score (nSPS) is 23.8. The first-order valence-corrected chi connectivity index (χ1v) is 8.69. The molecule has 2 N–H and O–H groups in total. The Bertz CT molecular complexity index is 995. The Balaban J connectivity index is 1.98. The average Bonchev–Trinajstić information content (AvgIpc) is 2.93. The van der Waals surface area contributed by atoms with Crippen molar-refractivity contribution < 1.29 is 24.4 Å². The van der Waals surface area contributed by atoms with E-state index in [1.54, 1.807) is 0 Å². The number of carboxylic acid groups (broad SMARTS) is 1. The SMILES string of the molecule is O=C1Oc2ccc([N+](=O)[O-])cc2[C@H]2c3sc(=O)[nH]c3S[C@H](C(=O)O)[C@H]12. The van der Waals surface area contributed by atoms with Crippen molar-refractivity contribution in [2.45, 2.75) is 16.2 Å². The van der Waals surface area contributed by atoms with E-state index in [2.05, 4.69) is 4.98 Å². The van der Waals surface area contributed by atoms with Crippen molar-refractivity contribution in [1.82, 2.24) is 4.98 Å². The van der Waals surface area contributed by atoms with Crippen LogP contribution in [0.4, 0.5) is 5.69 Å². The molecule has 0 unspecified atom stereocenters. The maximum atomic E-state index is 12.4.